The van der Waals surface area contributed by atoms with E-state index < -0.39 is 0 Å². The van der Waals surface area contributed by atoms with Crippen LogP contribution < -0.4 is 11.3 Å². The quantitative estimate of drug-likeness (QED) is 0.671. The molecule has 0 aliphatic heterocycles. The number of nitrogen functional groups attached to an aromatic ring is 1. The van der Waals surface area contributed by atoms with E-state index in [9.17, 15) is 4.79 Å². The van der Waals surface area contributed by atoms with E-state index in [0.29, 0.717) is 5.56 Å². The lowest BCUT2D eigenvalue weighted by molar-refractivity contribution is 0.0745. The van der Waals surface area contributed by atoms with Crippen molar-refractivity contribution in [1.82, 2.24) is 4.90 Å². The second-order valence-electron chi connectivity index (χ2n) is 4.78. The van der Waals surface area contributed by atoms with Crippen molar-refractivity contribution in [2.24, 2.45) is 5.84 Å². The minimum atomic E-state index is 0.0116. The minimum Gasteiger partial charge on any atom is -0.334 e. The Labute approximate surface area is 123 Å². The highest BCUT2D eigenvalue weighted by molar-refractivity contribution is 7.10. The third kappa shape index (κ3) is 2.84. The zero-order valence-electron chi connectivity index (χ0n) is 11.9. The van der Waals surface area contributed by atoms with Crippen LogP contribution in [-0.2, 0) is 0 Å². The number of nitrogens with one attached hydrogen (secondary N) is 1. The van der Waals surface area contributed by atoms with Crippen LogP contribution in [0, 0.1) is 6.92 Å². The summed E-state index contributed by atoms with van der Waals surface area (Å²) in [6.45, 7) is 3.96. The molecule has 1 aromatic carbocycles. The Bertz CT molecular complexity index is 595. The average molecular weight is 289 g/mol. The van der Waals surface area contributed by atoms with Gasteiger partial charge in [-0.15, -0.1) is 11.3 Å². The number of aryl methyl sites for hydroxylation is 1. The van der Waals surface area contributed by atoms with E-state index in [2.05, 4.69) is 5.43 Å². The Morgan fingerprint density at radius 2 is 2.15 bits per heavy atom. The van der Waals surface area contributed by atoms with Gasteiger partial charge in [0.05, 0.1) is 11.7 Å². The standard InChI is InChI=1S/C15H19N3OS/c1-10-9-12(6-7-13(10)17-16)15(19)18(3)11(2)14-5-4-8-20-14/h4-9,11,17H,16H2,1-3H3. The second-order valence-corrected chi connectivity index (χ2v) is 5.76. The zero-order valence-corrected chi connectivity index (χ0v) is 12.7. The molecular formula is C15H19N3OS. The number of nitrogens with two attached hydrogens (primary N) is 1. The molecule has 5 heteroatoms. The topological polar surface area (TPSA) is 58.4 Å². The van der Waals surface area contributed by atoms with Crippen molar-refractivity contribution in [2.75, 3.05) is 12.5 Å². The first-order chi connectivity index (χ1) is 9.54. The molecule has 4 nitrogen and oxygen atoms in total. The predicted molar refractivity (Wildman–Crippen MR) is 83.8 cm³/mol. The number of hydrogen-bond donors (Lipinski definition) is 2. The average Bonchev–Trinajstić information content (AvgIpc) is 2.99. The molecule has 0 saturated carbocycles. The van der Waals surface area contributed by atoms with Gasteiger partial charge < -0.3 is 10.3 Å². The van der Waals surface area contributed by atoms with Crippen LogP contribution in [0.25, 0.3) is 0 Å². The number of anilines is 1. The lowest BCUT2D eigenvalue weighted by Gasteiger charge is -2.24. The van der Waals surface area contributed by atoms with Crippen molar-refractivity contribution in [3.63, 3.8) is 0 Å². The van der Waals surface area contributed by atoms with Crippen molar-refractivity contribution >= 4 is 22.9 Å². The highest BCUT2D eigenvalue weighted by Crippen LogP contribution is 2.25. The highest BCUT2D eigenvalue weighted by Gasteiger charge is 2.19. The van der Waals surface area contributed by atoms with E-state index in [-0.39, 0.29) is 11.9 Å². The summed E-state index contributed by atoms with van der Waals surface area (Å²) in [6.07, 6.45) is 0. The van der Waals surface area contributed by atoms with Gasteiger partial charge in [-0.25, -0.2) is 0 Å². The number of rotatable bonds is 4. The van der Waals surface area contributed by atoms with Crippen LogP contribution >= 0.6 is 11.3 Å². The normalized spacial score (nSPS) is 12.0. The van der Waals surface area contributed by atoms with Crippen molar-refractivity contribution in [2.45, 2.75) is 19.9 Å². The van der Waals surface area contributed by atoms with Crippen molar-refractivity contribution in [3.8, 4) is 0 Å². The number of hydrogen-bond acceptors (Lipinski definition) is 4. The first-order valence-corrected chi connectivity index (χ1v) is 7.30. The third-order valence-electron chi connectivity index (χ3n) is 3.49. The second kappa shape index (κ2) is 6.07. The molecular weight excluding hydrogens is 270 g/mol. The van der Waals surface area contributed by atoms with E-state index in [1.165, 1.54) is 4.88 Å². The molecule has 0 aliphatic rings. The maximum atomic E-state index is 12.5. The van der Waals surface area contributed by atoms with Gasteiger partial charge in [-0.05, 0) is 49.1 Å². The molecule has 1 aromatic heterocycles. The molecule has 1 atom stereocenters. The Hall–Kier alpha value is -1.85. The molecule has 1 unspecified atom stereocenters. The number of amides is 1. The van der Waals surface area contributed by atoms with Crippen LogP contribution in [0.15, 0.2) is 35.7 Å². The molecule has 1 amide bonds. The van der Waals surface area contributed by atoms with Gasteiger partial charge in [0.1, 0.15) is 0 Å². The maximum Gasteiger partial charge on any atom is 0.254 e. The molecule has 3 N–H and O–H groups in total. The number of carbonyl (C=O) groups is 1. The van der Waals surface area contributed by atoms with E-state index >= 15 is 0 Å². The fourth-order valence-electron chi connectivity index (χ4n) is 2.06. The smallest absolute Gasteiger partial charge is 0.254 e. The van der Waals surface area contributed by atoms with Crippen LogP contribution in [0.1, 0.15) is 33.8 Å². The molecule has 0 saturated heterocycles. The monoisotopic (exact) mass is 289 g/mol. The molecule has 2 aromatic rings. The summed E-state index contributed by atoms with van der Waals surface area (Å²) < 4.78 is 0. The van der Waals surface area contributed by atoms with Crippen LogP contribution in [0.5, 0.6) is 0 Å². The molecule has 1 heterocycles. The summed E-state index contributed by atoms with van der Waals surface area (Å²) in [5.41, 5.74) is 5.07. The molecule has 0 radical (unpaired) electrons. The summed E-state index contributed by atoms with van der Waals surface area (Å²) in [6, 6.07) is 9.59. The van der Waals surface area contributed by atoms with Gasteiger partial charge in [0.2, 0.25) is 0 Å². The Balaban J connectivity index is 2.20. The molecule has 0 spiro atoms. The Kier molecular flexibility index (Phi) is 4.42. The SMILES string of the molecule is Cc1cc(C(=O)N(C)C(C)c2cccs2)ccc1NN. The number of thiophene rings is 1. The van der Waals surface area contributed by atoms with E-state index in [0.717, 1.165) is 11.3 Å². The van der Waals surface area contributed by atoms with Gasteiger partial charge in [-0.2, -0.15) is 0 Å². The fourth-order valence-corrected chi connectivity index (χ4v) is 2.88. The van der Waals surface area contributed by atoms with Gasteiger partial charge in [0.25, 0.3) is 5.91 Å². The van der Waals surface area contributed by atoms with Gasteiger partial charge in [-0.3, -0.25) is 10.6 Å². The van der Waals surface area contributed by atoms with Crippen molar-refractivity contribution in [1.29, 1.82) is 0 Å². The van der Waals surface area contributed by atoms with Crippen LogP contribution in [0.4, 0.5) is 5.69 Å². The molecule has 20 heavy (non-hydrogen) atoms. The van der Waals surface area contributed by atoms with Gasteiger partial charge in [0.15, 0.2) is 0 Å². The summed E-state index contributed by atoms with van der Waals surface area (Å²) in [7, 11) is 1.83. The summed E-state index contributed by atoms with van der Waals surface area (Å²) in [5, 5.41) is 2.02. The van der Waals surface area contributed by atoms with E-state index in [1.807, 2.05) is 50.5 Å². The highest BCUT2D eigenvalue weighted by atomic mass is 32.1. The van der Waals surface area contributed by atoms with Crippen molar-refractivity contribution in [3.05, 3.63) is 51.7 Å². The maximum absolute atomic E-state index is 12.5. The summed E-state index contributed by atoms with van der Waals surface area (Å²) in [5.74, 6) is 5.42. The number of nitrogens with zero attached hydrogens (tertiary/aromatic N) is 1. The molecule has 2 rings (SSSR count). The van der Waals surface area contributed by atoms with E-state index in [1.54, 1.807) is 22.3 Å². The summed E-state index contributed by atoms with van der Waals surface area (Å²) in [4.78, 5) is 15.5. The molecule has 0 bridgehead atoms. The number of benzene rings is 1. The zero-order chi connectivity index (χ0) is 14.7. The summed E-state index contributed by atoms with van der Waals surface area (Å²) >= 11 is 1.66. The lowest BCUT2D eigenvalue weighted by atomic mass is 10.1. The predicted octanol–water partition coefficient (Wildman–Crippen LogP) is 3.18. The van der Waals surface area contributed by atoms with Crippen LogP contribution in [0.3, 0.4) is 0 Å². The molecule has 0 aliphatic carbocycles. The van der Waals surface area contributed by atoms with Gasteiger partial charge >= 0.3 is 0 Å². The van der Waals surface area contributed by atoms with Gasteiger partial charge in [0, 0.05) is 17.5 Å². The minimum absolute atomic E-state index is 0.0116. The fraction of sp³-hybridized carbons (Fsp3) is 0.267. The van der Waals surface area contributed by atoms with Crippen LogP contribution in [0.2, 0.25) is 0 Å². The number of hydrazine groups is 1. The Morgan fingerprint density at radius 3 is 2.70 bits per heavy atom. The Morgan fingerprint density at radius 1 is 1.40 bits per heavy atom. The van der Waals surface area contributed by atoms with E-state index in [4.69, 9.17) is 5.84 Å². The lowest BCUT2D eigenvalue weighted by Crippen LogP contribution is -2.29. The van der Waals surface area contributed by atoms with Gasteiger partial charge in [-0.1, -0.05) is 6.07 Å². The third-order valence-corrected chi connectivity index (χ3v) is 4.53. The van der Waals surface area contributed by atoms with Crippen LogP contribution in [-0.4, -0.2) is 17.9 Å². The first-order valence-electron chi connectivity index (χ1n) is 6.42. The first kappa shape index (κ1) is 14.6. The number of carbonyl (C=O) groups excluding carboxylic acids is 1. The molecule has 106 valence electrons. The van der Waals surface area contributed by atoms with Crippen molar-refractivity contribution < 1.29 is 4.79 Å². The molecule has 0 fully saturated rings. The largest absolute Gasteiger partial charge is 0.334 e.